The van der Waals surface area contributed by atoms with Gasteiger partial charge in [-0.1, -0.05) is 29.8 Å². The Kier molecular flexibility index (Phi) is 3.93. The van der Waals surface area contributed by atoms with Crippen LogP contribution in [0, 0.1) is 0 Å². The fourth-order valence-corrected chi connectivity index (χ4v) is 2.52. The second kappa shape index (κ2) is 6.02. The Morgan fingerprint density at radius 1 is 1.19 bits per heavy atom. The minimum Gasteiger partial charge on any atom is -0.495 e. The van der Waals surface area contributed by atoms with E-state index in [-0.39, 0.29) is 0 Å². The number of anilines is 1. The molecule has 0 aliphatic rings. The van der Waals surface area contributed by atoms with Crippen LogP contribution in [0.15, 0.2) is 54.9 Å². The average Bonchev–Trinajstić information content (AvgIpc) is 2.53. The number of hydrogen-bond acceptors (Lipinski definition) is 3. The van der Waals surface area contributed by atoms with Crippen LogP contribution in [-0.2, 0) is 6.54 Å². The molecule has 1 N–H and O–H groups in total. The molecule has 4 heteroatoms. The normalized spacial score (nSPS) is 10.6. The molecule has 106 valence electrons. The van der Waals surface area contributed by atoms with Crippen molar-refractivity contribution in [2.45, 2.75) is 6.54 Å². The molecule has 0 amide bonds. The lowest BCUT2D eigenvalue weighted by Crippen LogP contribution is -2.02. The van der Waals surface area contributed by atoms with Crippen molar-refractivity contribution in [1.29, 1.82) is 0 Å². The van der Waals surface area contributed by atoms with E-state index in [0.717, 1.165) is 16.8 Å². The van der Waals surface area contributed by atoms with Gasteiger partial charge in [0.15, 0.2) is 0 Å². The third-order valence-corrected chi connectivity index (χ3v) is 3.64. The molecule has 0 radical (unpaired) electrons. The van der Waals surface area contributed by atoms with Crippen molar-refractivity contribution in [2.75, 3.05) is 12.4 Å². The standard InChI is InChI=1S/C17H15ClN2O/c1-21-17-6-5-14(18)9-16(17)20-11-13-4-2-3-12-10-19-8-7-15(12)13/h2-10,20H,11H2,1H3. The Morgan fingerprint density at radius 3 is 2.95 bits per heavy atom. The van der Waals surface area contributed by atoms with Gasteiger partial charge in [-0.05, 0) is 35.2 Å². The number of hydrogen-bond donors (Lipinski definition) is 1. The highest BCUT2D eigenvalue weighted by Crippen LogP contribution is 2.28. The Bertz CT molecular complexity index is 768. The lowest BCUT2D eigenvalue weighted by molar-refractivity contribution is 0.416. The smallest absolute Gasteiger partial charge is 0.142 e. The minimum atomic E-state index is 0.681. The molecule has 0 spiro atoms. The second-order valence-corrected chi connectivity index (χ2v) is 5.15. The molecule has 1 heterocycles. The summed E-state index contributed by atoms with van der Waals surface area (Å²) in [6, 6.07) is 13.8. The van der Waals surface area contributed by atoms with Crippen LogP contribution in [0.2, 0.25) is 5.02 Å². The molecule has 0 saturated heterocycles. The van der Waals surface area contributed by atoms with E-state index in [0.29, 0.717) is 11.6 Å². The number of rotatable bonds is 4. The van der Waals surface area contributed by atoms with E-state index in [1.807, 2.05) is 42.7 Å². The summed E-state index contributed by atoms with van der Waals surface area (Å²) in [6.07, 6.45) is 3.69. The largest absolute Gasteiger partial charge is 0.495 e. The zero-order valence-electron chi connectivity index (χ0n) is 11.6. The Hall–Kier alpha value is -2.26. The van der Waals surface area contributed by atoms with Gasteiger partial charge < -0.3 is 10.1 Å². The molecule has 0 saturated carbocycles. The van der Waals surface area contributed by atoms with Crippen LogP contribution in [0.25, 0.3) is 10.8 Å². The molecule has 21 heavy (non-hydrogen) atoms. The molecule has 2 aromatic carbocycles. The zero-order valence-corrected chi connectivity index (χ0v) is 12.4. The molecule has 0 aliphatic heterocycles. The van der Waals surface area contributed by atoms with Gasteiger partial charge in [-0.15, -0.1) is 0 Å². The molecule has 3 aromatic rings. The van der Waals surface area contributed by atoms with Crippen molar-refractivity contribution >= 4 is 28.1 Å². The van der Waals surface area contributed by atoms with E-state index in [4.69, 9.17) is 16.3 Å². The lowest BCUT2D eigenvalue weighted by atomic mass is 10.1. The van der Waals surface area contributed by atoms with Gasteiger partial charge in [0.25, 0.3) is 0 Å². The Morgan fingerprint density at radius 2 is 2.10 bits per heavy atom. The summed E-state index contributed by atoms with van der Waals surface area (Å²) in [4.78, 5) is 4.15. The molecular formula is C17H15ClN2O. The number of pyridine rings is 1. The van der Waals surface area contributed by atoms with Gasteiger partial charge in [0.1, 0.15) is 5.75 Å². The quantitative estimate of drug-likeness (QED) is 0.769. The summed E-state index contributed by atoms with van der Waals surface area (Å²) in [5.74, 6) is 0.779. The average molecular weight is 299 g/mol. The fraction of sp³-hybridized carbons (Fsp3) is 0.118. The van der Waals surface area contributed by atoms with Crippen LogP contribution in [-0.4, -0.2) is 12.1 Å². The van der Waals surface area contributed by atoms with Crippen LogP contribution in [0.1, 0.15) is 5.56 Å². The first-order valence-corrected chi connectivity index (χ1v) is 7.05. The summed E-state index contributed by atoms with van der Waals surface area (Å²) in [5.41, 5.74) is 2.09. The third-order valence-electron chi connectivity index (χ3n) is 3.40. The number of methoxy groups -OCH3 is 1. The minimum absolute atomic E-state index is 0.681. The van der Waals surface area contributed by atoms with Crippen molar-refractivity contribution in [2.24, 2.45) is 0 Å². The van der Waals surface area contributed by atoms with Crippen LogP contribution in [0.4, 0.5) is 5.69 Å². The van der Waals surface area contributed by atoms with E-state index >= 15 is 0 Å². The summed E-state index contributed by atoms with van der Waals surface area (Å²) in [5, 5.41) is 6.39. The second-order valence-electron chi connectivity index (χ2n) is 4.71. The van der Waals surface area contributed by atoms with E-state index < -0.39 is 0 Å². The number of halogens is 1. The van der Waals surface area contributed by atoms with Gasteiger partial charge in [-0.3, -0.25) is 4.98 Å². The monoisotopic (exact) mass is 298 g/mol. The molecule has 0 atom stereocenters. The first-order chi connectivity index (χ1) is 10.3. The molecule has 0 aliphatic carbocycles. The van der Waals surface area contributed by atoms with Gasteiger partial charge in [-0.2, -0.15) is 0 Å². The van der Waals surface area contributed by atoms with E-state index in [1.165, 1.54) is 10.9 Å². The SMILES string of the molecule is COc1ccc(Cl)cc1NCc1cccc2cnccc12. The summed E-state index contributed by atoms with van der Waals surface area (Å²) in [7, 11) is 1.65. The van der Waals surface area contributed by atoms with E-state index in [2.05, 4.69) is 22.4 Å². The van der Waals surface area contributed by atoms with Crippen LogP contribution in [0.3, 0.4) is 0 Å². The summed E-state index contributed by atoms with van der Waals surface area (Å²) in [6.45, 7) is 0.693. The van der Waals surface area contributed by atoms with Gasteiger partial charge >= 0.3 is 0 Å². The highest BCUT2D eigenvalue weighted by Gasteiger charge is 2.05. The van der Waals surface area contributed by atoms with E-state index in [9.17, 15) is 0 Å². The van der Waals surface area contributed by atoms with Gasteiger partial charge in [-0.25, -0.2) is 0 Å². The predicted octanol–water partition coefficient (Wildman–Crippen LogP) is 4.51. The highest BCUT2D eigenvalue weighted by atomic mass is 35.5. The molecule has 3 rings (SSSR count). The number of nitrogens with one attached hydrogen (secondary N) is 1. The molecular weight excluding hydrogens is 284 g/mol. The van der Waals surface area contributed by atoms with Crippen molar-refractivity contribution in [3.8, 4) is 5.75 Å². The molecule has 0 bridgehead atoms. The fourth-order valence-electron chi connectivity index (χ4n) is 2.35. The molecule has 0 unspecified atom stereocenters. The maximum absolute atomic E-state index is 6.05. The number of fused-ring (bicyclic) bond motifs is 1. The zero-order chi connectivity index (χ0) is 14.7. The van der Waals surface area contributed by atoms with Crippen molar-refractivity contribution < 1.29 is 4.74 Å². The van der Waals surface area contributed by atoms with Crippen molar-refractivity contribution in [3.05, 3.63) is 65.4 Å². The molecule has 0 fully saturated rings. The predicted molar refractivity (Wildman–Crippen MR) is 87.1 cm³/mol. The summed E-state index contributed by atoms with van der Waals surface area (Å²) < 4.78 is 5.35. The highest BCUT2D eigenvalue weighted by molar-refractivity contribution is 6.30. The van der Waals surface area contributed by atoms with Crippen LogP contribution in [0.5, 0.6) is 5.75 Å². The van der Waals surface area contributed by atoms with Crippen molar-refractivity contribution in [3.63, 3.8) is 0 Å². The molecule has 3 nitrogen and oxygen atoms in total. The Balaban J connectivity index is 1.89. The summed E-state index contributed by atoms with van der Waals surface area (Å²) >= 11 is 6.05. The molecule has 1 aromatic heterocycles. The topological polar surface area (TPSA) is 34.1 Å². The number of benzene rings is 2. The third kappa shape index (κ3) is 2.93. The number of ether oxygens (including phenoxy) is 1. The number of nitrogens with zero attached hydrogens (tertiary/aromatic N) is 1. The van der Waals surface area contributed by atoms with Gasteiger partial charge in [0, 0.05) is 29.3 Å². The first kappa shape index (κ1) is 13.7. The maximum Gasteiger partial charge on any atom is 0.142 e. The van der Waals surface area contributed by atoms with Gasteiger partial charge in [0.2, 0.25) is 0 Å². The number of aromatic nitrogens is 1. The van der Waals surface area contributed by atoms with Crippen LogP contribution >= 0.6 is 11.6 Å². The first-order valence-electron chi connectivity index (χ1n) is 6.67. The van der Waals surface area contributed by atoms with E-state index in [1.54, 1.807) is 7.11 Å². The maximum atomic E-state index is 6.05. The van der Waals surface area contributed by atoms with Gasteiger partial charge in [0.05, 0.1) is 12.8 Å². The Labute approximate surface area is 128 Å². The van der Waals surface area contributed by atoms with Crippen molar-refractivity contribution in [1.82, 2.24) is 4.98 Å². The lowest BCUT2D eigenvalue weighted by Gasteiger charge is -2.13. The van der Waals surface area contributed by atoms with Crippen LogP contribution < -0.4 is 10.1 Å².